The predicted molar refractivity (Wildman–Crippen MR) is 102 cm³/mol. The van der Waals surface area contributed by atoms with Gasteiger partial charge in [0.15, 0.2) is 0 Å². The maximum Gasteiger partial charge on any atom is 0.239 e. The second-order valence-electron chi connectivity index (χ2n) is 5.67. The number of methoxy groups -OCH3 is 1. The quantitative estimate of drug-likeness (QED) is 0.619. The van der Waals surface area contributed by atoms with E-state index in [2.05, 4.69) is 72.8 Å². The Morgan fingerprint density at radius 3 is 1.75 bits per heavy atom. The molecule has 0 aliphatic heterocycles. The van der Waals surface area contributed by atoms with E-state index in [1.165, 1.54) is 15.9 Å². The van der Waals surface area contributed by atoms with Crippen LogP contribution in [0.3, 0.4) is 0 Å². The molecule has 3 aromatic carbocycles. The molecule has 0 atom stereocenters. The molecule has 0 unspecified atom stereocenters. The topological polar surface area (TPSA) is 18.5 Å². The molecule has 0 radical (unpaired) electrons. The number of ether oxygens (including phenoxy) is 1. The van der Waals surface area contributed by atoms with Crippen LogP contribution < -0.4 is 15.1 Å². The van der Waals surface area contributed by atoms with E-state index in [1.54, 1.807) is 7.11 Å². The second kappa shape index (κ2) is 8.48. The van der Waals surface area contributed by atoms with Crippen LogP contribution >= 0.6 is 0 Å². The van der Waals surface area contributed by atoms with Crippen LogP contribution in [0.2, 0.25) is 0 Å². The van der Waals surface area contributed by atoms with Crippen LogP contribution in [-0.4, -0.2) is 22.8 Å². The van der Waals surface area contributed by atoms with E-state index in [4.69, 9.17) is 9.16 Å². The predicted octanol–water partition coefficient (Wildman–Crippen LogP) is 2.79. The summed E-state index contributed by atoms with van der Waals surface area (Å²) in [7, 11) is 0.0563. The molecule has 0 aliphatic rings. The van der Waals surface area contributed by atoms with E-state index in [9.17, 15) is 0 Å². The van der Waals surface area contributed by atoms with Gasteiger partial charge >= 0.3 is 0 Å². The lowest BCUT2D eigenvalue weighted by atomic mass is 10.1. The van der Waals surface area contributed by atoms with Crippen LogP contribution in [0.5, 0.6) is 5.75 Å². The van der Waals surface area contributed by atoms with E-state index in [1.807, 2.05) is 12.1 Å². The average Bonchev–Trinajstić information content (AvgIpc) is 2.67. The fourth-order valence-corrected chi connectivity index (χ4v) is 4.99. The molecule has 0 amide bonds. The molecule has 0 aliphatic carbocycles. The first-order valence-electron chi connectivity index (χ1n) is 8.21. The molecule has 0 N–H and O–H groups in total. The van der Waals surface area contributed by atoms with E-state index in [-0.39, 0.29) is 0 Å². The molecule has 0 saturated heterocycles. The highest BCUT2D eigenvalue weighted by Gasteiger charge is 2.17. The van der Waals surface area contributed by atoms with Gasteiger partial charge in [0, 0.05) is 6.61 Å². The highest BCUT2D eigenvalue weighted by Crippen LogP contribution is 2.11. The molecule has 0 bridgehead atoms. The first kappa shape index (κ1) is 16.5. The average molecular weight is 334 g/mol. The summed E-state index contributed by atoms with van der Waals surface area (Å²) in [6.45, 7) is 0.729. The van der Waals surface area contributed by atoms with Gasteiger partial charge in [-0.1, -0.05) is 72.8 Å². The van der Waals surface area contributed by atoms with Gasteiger partial charge < -0.3 is 9.16 Å². The molecular formula is C21H22O2Si. The molecule has 0 aromatic heterocycles. The van der Waals surface area contributed by atoms with Crippen molar-refractivity contribution in [3.05, 3.63) is 90.5 Å². The molecule has 0 fully saturated rings. The van der Waals surface area contributed by atoms with Crippen LogP contribution in [0.25, 0.3) is 0 Å². The summed E-state index contributed by atoms with van der Waals surface area (Å²) in [5.41, 5.74) is 1.27. The number of benzene rings is 3. The van der Waals surface area contributed by atoms with E-state index in [0.717, 1.165) is 18.8 Å². The van der Waals surface area contributed by atoms with Gasteiger partial charge in [-0.2, -0.15) is 0 Å². The SMILES string of the molecule is COc1ccc(CCO[SiH](c2ccccc2)c2ccccc2)cc1. The van der Waals surface area contributed by atoms with Gasteiger partial charge in [0.2, 0.25) is 9.04 Å². The summed E-state index contributed by atoms with van der Waals surface area (Å²) >= 11 is 0. The lowest BCUT2D eigenvalue weighted by Crippen LogP contribution is -2.45. The lowest BCUT2D eigenvalue weighted by molar-refractivity contribution is 0.337. The summed E-state index contributed by atoms with van der Waals surface area (Å²) in [5, 5.41) is 2.64. The Morgan fingerprint density at radius 1 is 0.708 bits per heavy atom. The van der Waals surface area contributed by atoms with Crippen LogP contribution in [0.1, 0.15) is 5.56 Å². The van der Waals surface area contributed by atoms with Crippen molar-refractivity contribution in [1.82, 2.24) is 0 Å². The minimum Gasteiger partial charge on any atom is -0.497 e. The van der Waals surface area contributed by atoms with Crippen LogP contribution in [0.4, 0.5) is 0 Å². The third-order valence-electron chi connectivity index (χ3n) is 4.04. The Hall–Kier alpha value is -2.36. The number of hydrogen-bond donors (Lipinski definition) is 0. The van der Waals surface area contributed by atoms with Gasteiger partial charge in [-0.15, -0.1) is 0 Å². The number of hydrogen-bond acceptors (Lipinski definition) is 2. The zero-order valence-corrected chi connectivity index (χ0v) is 15.0. The fourth-order valence-electron chi connectivity index (χ4n) is 2.73. The first-order chi connectivity index (χ1) is 11.9. The largest absolute Gasteiger partial charge is 0.497 e. The Kier molecular flexibility index (Phi) is 5.83. The lowest BCUT2D eigenvalue weighted by Gasteiger charge is -2.17. The monoisotopic (exact) mass is 334 g/mol. The van der Waals surface area contributed by atoms with Crippen molar-refractivity contribution < 1.29 is 9.16 Å². The van der Waals surface area contributed by atoms with Crippen molar-refractivity contribution in [2.24, 2.45) is 0 Å². The van der Waals surface area contributed by atoms with Crippen molar-refractivity contribution in [1.29, 1.82) is 0 Å². The Bertz CT molecular complexity index is 687. The van der Waals surface area contributed by atoms with Gasteiger partial charge in [0.1, 0.15) is 5.75 Å². The van der Waals surface area contributed by atoms with Crippen molar-refractivity contribution in [2.45, 2.75) is 6.42 Å². The summed E-state index contributed by atoms with van der Waals surface area (Å²) in [5.74, 6) is 0.889. The summed E-state index contributed by atoms with van der Waals surface area (Å²) < 4.78 is 11.6. The highest BCUT2D eigenvalue weighted by molar-refractivity contribution is 6.80. The maximum absolute atomic E-state index is 6.38. The molecule has 0 saturated carbocycles. The van der Waals surface area contributed by atoms with E-state index < -0.39 is 9.04 Å². The third-order valence-corrected chi connectivity index (χ3v) is 6.59. The summed E-state index contributed by atoms with van der Waals surface area (Å²) in [6.07, 6.45) is 0.910. The molecule has 0 heterocycles. The third kappa shape index (κ3) is 4.34. The standard InChI is InChI=1S/C21H22O2Si/c1-22-19-14-12-18(13-15-19)16-17-23-24(20-8-4-2-5-9-20)21-10-6-3-7-11-21/h2-15,24H,16-17H2,1H3. The molecule has 3 rings (SSSR count). The summed E-state index contributed by atoms with van der Waals surface area (Å²) in [6, 6.07) is 29.4. The Labute approximate surface area is 145 Å². The van der Waals surface area contributed by atoms with Crippen LogP contribution in [0, 0.1) is 0 Å². The molecule has 3 aromatic rings. The normalized spacial score (nSPS) is 10.8. The smallest absolute Gasteiger partial charge is 0.239 e. The Balaban J connectivity index is 1.68. The Morgan fingerprint density at radius 2 is 1.25 bits per heavy atom. The van der Waals surface area contributed by atoms with Gasteiger partial charge in [-0.05, 0) is 34.5 Å². The minimum absolute atomic E-state index is 0.729. The first-order valence-corrected chi connectivity index (χ1v) is 9.84. The van der Waals surface area contributed by atoms with Gasteiger partial charge in [-0.25, -0.2) is 0 Å². The van der Waals surface area contributed by atoms with E-state index in [0.29, 0.717) is 0 Å². The summed E-state index contributed by atoms with van der Waals surface area (Å²) in [4.78, 5) is 0. The minimum atomic E-state index is -1.63. The number of rotatable bonds is 7. The molecule has 2 nitrogen and oxygen atoms in total. The van der Waals surface area contributed by atoms with Gasteiger partial charge in [-0.3, -0.25) is 0 Å². The molecule has 24 heavy (non-hydrogen) atoms. The maximum atomic E-state index is 6.38. The molecule has 0 spiro atoms. The van der Waals surface area contributed by atoms with Crippen molar-refractivity contribution in [3.8, 4) is 5.75 Å². The zero-order valence-electron chi connectivity index (χ0n) is 13.9. The molecular weight excluding hydrogens is 312 g/mol. The highest BCUT2D eigenvalue weighted by atomic mass is 28.3. The zero-order chi connectivity index (χ0) is 16.6. The van der Waals surface area contributed by atoms with Crippen LogP contribution in [0.15, 0.2) is 84.9 Å². The van der Waals surface area contributed by atoms with Crippen molar-refractivity contribution in [2.75, 3.05) is 13.7 Å². The second-order valence-corrected chi connectivity index (χ2v) is 8.10. The van der Waals surface area contributed by atoms with Gasteiger partial charge in [0.25, 0.3) is 0 Å². The molecule has 122 valence electrons. The van der Waals surface area contributed by atoms with Gasteiger partial charge in [0.05, 0.1) is 7.11 Å². The van der Waals surface area contributed by atoms with Crippen molar-refractivity contribution >= 4 is 19.4 Å². The van der Waals surface area contributed by atoms with E-state index >= 15 is 0 Å². The molecule has 3 heteroatoms. The van der Waals surface area contributed by atoms with Crippen LogP contribution in [-0.2, 0) is 10.8 Å². The van der Waals surface area contributed by atoms with Crippen molar-refractivity contribution in [3.63, 3.8) is 0 Å². The fraction of sp³-hybridized carbons (Fsp3) is 0.143.